The average Bonchev–Trinajstić information content (AvgIpc) is 3.69. The monoisotopic (exact) mass is 543 g/mol. The van der Waals surface area contributed by atoms with Crippen molar-refractivity contribution in [1.29, 1.82) is 0 Å². The van der Waals surface area contributed by atoms with Crippen LogP contribution in [0, 0.1) is 0 Å². The van der Waals surface area contributed by atoms with Crippen LogP contribution in [0.25, 0.3) is 0 Å². The van der Waals surface area contributed by atoms with E-state index in [1.807, 2.05) is 4.90 Å². The van der Waals surface area contributed by atoms with E-state index in [9.17, 15) is 4.79 Å². The zero-order chi connectivity index (χ0) is 26.6. The number of nitrogens with zero attached hydrogens (tertiary/aromatic N) is 1. The number of hydrogen-bond acceptors (Lipinski definition) is 5. The molecule has 0 bridgehead atoms. The van der Waals surface area contributed by atoms with E-state index >= 15 is 0 Å². The summed E-state index contributed by atoms with van der Waals surface area (Å²) in [6.45, 7) is 18.0. The first-order valence-electron chi connectivity index (χ1n) is 14.8. The van der Waals surface area contributed by atoms with Gasteiger partial charge in [0, 0.05) is 25.9 Å². The third kappa shape index (κ3) is 15.2. The van der Waals surface area contributed by atoms with Gasteiger partial charge >= 0.3 is 0 Å². The van der Waals surface area contributed by atoms with E-state index < -0.39 is 16.6 Å². The van der Waals surface area contributed by atoms with Gasteiger partial charge in [0.05, 0.1) is 37.6 Å². The maximum atomic E-state index is 12.9. The number of hydrogen-bond donors (Lipinski definition) is 0. The Morgan fingerprint density at radius 2 is 1.17 bits per heavy atom. The molecule has 2 aliphatic rings. The molecule has 4 atom stereocenters. The lowest BCUT2D eigenvalue weighted by Crippen LogP contribution is -2.40. The fourth-order valence-electron chi connectivity index (χ4n) is 4.70. The molecule has 212 valence electrons. The highest BCUT2D eigenvalue weighted by molar-refractivity contribution is 6.70. The fraction of sp³-hybridized carbons (Fsp3) is 0.964. The number of epoxide rings is 2. The molecular formula is C28H57NO5Si2. The number of carbonyl (C=O) groups excluding carboxylic acids is 1. The Balaban J connectivity index is 1.50. The molecule has 1 amide bonds. The first-order valence-corrected chi connectivity index (χ1v) is 21.7. The van der Waals surface area contributed by atoms with Crippen molar-refractivity contribution >= 4 is 22.5 Å². The van der Waals surface area contributed by atoms with E-state index in [0.717, 1.165) is 19.3 Å². The van der Waals surface area contributed by atoms with Gasteiger partial charge in [-0.2, -0.15) is 0 Å². The van der Waals surface area contributed by atoms with Crippen LogP contribution in [0.1, 0.15) is 84.0 Å². The van der Waals surface area contributed by atoms with Crippen molar-refractivity contribution in [3.63, 3.8) is 0 Å². The molecule has 0 N–H and O–H groups in total. The van der Waals surface area contributed by atoms with Gasteiger partial charge in [0.2, 0.25) is 5.91 Å². The molecular weight excluding hydrogens is 486 g/mol. The van der Waals surface area contributed by atoms with Crippen LogP contribution in [0.5, 0.6) is 0 Å². The molecule has 8 heteroatoms. The van der Waals surface area contributed by atoms with E-state index in [2.05, 4.69) is 46.2 Å². The number of amides is 1. The van der Waals surface area contributed by atoms with Gasteiger partial charge in [0.25, 0.3) is 0 Å². The molecule has 4 unspecified atom stereocenters. The molecule has 0 aliphatic carbocycles. The fourth-order valence-corrected chi connectivity index (χ4v) is 6.11. The van der Waals surface area contributed by atoms with Gasteiger partial charge in [-0.25, -0.2) is 0 Å². The van der Waals surface area contributed by atoms with E-state index in [1.54, 1.807) is 0 Å². The second-order valence-corrected chi connectivity index (χ2v) is 21.8. The highest BCUT2D eigenvalue weighted by atomic mass is 28.4. The molecule has 2 saturated heterocycles. The lowest BCUT2D eigenvalue weighted by Gasteiger charge is -2.27. The van der Waals surface area contributed by atoms with Crippen molar-refractivity contribution in [3.8, 4) is 0 Å². The topological polar surface area (TPSA) is 63.8 Å². The number of unbranched alkanes of at least 4 members (excludes halogenated alkanes) is 6. The van der Waals surface area contributed by atoms with Gasteiger partial charge < -0.3 is 23.2 Å². The summed E-state index contributed by atoms with van der Waals surface area (Å²) in [6.07, 6.45) is 15.7. The summed E-state index contributed by atoms with van der Waals surface area (Å²) >= 11 is 0. The van der Waals surface area contributed by atoms with Gasteiger partial charge in [-0.1, -0.05) is 51.9 Å². The second kappa shape index (κ2) is 16.0. The van der Waals surface area contributed by atoms with Crippen molar-refractivity contribution in [3.05, 3.63) is 0 Å². The molecule has 0 saturated carbocycles. The first-order chi connectivity index (χ1) is 17.0. The summed E-state index contributed by atoms with van der Waals surface area (Å²) in [5.41, 5.74) is 0. The Morgan fingerprint density at radius 1 is 0.694 bits per heavy atom. The summed E-state index contributed by atoms with van der Waals surface area (Å²) in [5.74, 6) is 0.248. The van der Waals surface area contributed by atoms with Gasteiger partial charge in [0.15, 0.2) is 16.6 Å². The van der Waals surface area contributed by atoms with Crippen LogP contribution < -0.4 is 0 Å². The summed E-state index contributed by atoms with van der Waals surface area (Å²) < 4.78 is 23.7. The predicted molar refractivity (Wildman–Crippen MR) is 154 cm³/mol. The normalized spacial score (nSPS) is 23.6. The standard InChI is InChI=1S/C28H57NO5Si2/c1-8-9-13-16-24-26(33-24)23-27-25(34-27)17-14-11-10-12-15-18-28(30)29(19-21-31-35(2,3)4)20-22-32-36(5,6)7/h24-27H,8-23H2,1-7H3. The van der Waals surface area contributed by atoms with Crippen LogP contribution in [0.15, 0.2) is 0 Å². The van der Waals surface area contributed by atoms with Crippen molar-refractivity contribution < 1.29 is 23.1 Å². The van der Waals surface area contributed by atoms with Crippen LogP contribution in [-0.4, -0.2) is 78.2 Å². The summed E-state index contributed by atoms with van der Waals surface area (Å²) in [6, 6.07) is 0. The SMILES string of the molecule is CCCCCC1OC1CC1OC1CCCCCCCC(=O)N(CCO[Si](C)(C)C)CCO[Si](C)(C)C. The van der Waals surface area contributed by atoms with Crippen LogP contribution in [0.3, 0.4) is 0 Å². The third-order valence-corrected chi connectivity index (χ3v) is 9.10. The third-order valence-electron chi connectivity index (χ3n) is 6.96. The zero-order valence-electron chi connectivity index (χ0n) is 24.6. The Morgan fingerprint density at radius 3 is 1.67 bits per heavy atom. The largest absolute Gasteiger partial charge is 0.416 e. The Hall–Kier alpha value is -0.256. The van der Waals surface area contributed by atoms with Crippen molar-refractivity contribution in [2.24, 2.45) is 0 Å². The highest BCUT2D eigenvalue weighted by Gasteiger charge is 2.47. The summed E-state index contributed by atoms with van der Waals surface area (Å²) in [4.78, 5) is 14.8. The highest BCUT2D eigenvalue weighted by Crippen LogP contribution is 2.39. The molecule has 0 aromatic rings. The molecule has 2 heterocycles. The van der Waals surface area contributed by atoms with Crippen LogP contribution >= 0.6 is 0 Å². The number of carbonyl (C=O) groups is 1. The first kappa shape index (κ1) is 32.0. The Bertz CT molecular complexity index is 602. The molecule has 0 aromatic heterocycles. The molecule has 6 nitrogen and oxygen atoms in total. The van der Waals surface area contributed by atoms with Crippen molar-refractivity contribution in [2.45, 2.75) is 148 Å². The zero-order valence-corrected chi connectivity index (χ0v) is 26.6. The number of ether oxygens (including phenoxy) is 2. The van der Waals surface area contributed by atoms with Gasteiger partial charge in [-0.3, -0.25) is 4.79 Å². The maximum absolute atomic E-state index is 12.9. The molecule has 36 heavy (non-hydrogen) atoms. The van der Waals surface area contributed by atoms with E-state index in [4.69, 9.17) is 18.3 Å². The Labute approximate surface area is 224 Å². The summed E-state index contributed by atoms with van der Waals surface area (Å²) in [5, 5.41) is 0. The van der Waals surface area contributed by atoms with E-state index in [-0.39, 0.29) is 5.91 Å². The summed E-state index contributed by atoms with van der Waals surface area (Å²) in [7, 11) is -3.13. The van der Waals surface area contributed by atoms with Crippen LogP contribution in [0.2, 0.25) is 39.3 Å². The van der Waals surface area contributed by atoms with Gasteiger partial charge in [-0.05, 0) is 58.5 Å². The molecule has 0 radical (unpaired) electrons. The molecule has 0 aromatic carbocycles. The Kier molecular flexibility index (Phi) is 14.2. The molecule has 2 aliphatic heterocycles. The van der Waals surface area contributed by atoms with E-state index in [1.165, 1.54) is 51.4 Å². The van der Waals surface area contributed by atoms with Crippen molar-refractivity contribution in [1.82, 2.24) is 4.90 Å². The van der Waals surface area contributed by atoms with Crippen LogP contribution in [0.4, 0.5) is 0 Å². The maximum Gasteiger partial charge on any atom is 0.222 e. The molecule has 2 rings (SSSR count). The predicted octanol–water partition coefficient (Wildman–Crippen LogP) is 6.75. The van der Waals surface area contributed by atoms with Gasteiger partial charge in [-0.15, -0.1) is 0 Å². The smallest absolute Gasteiger partial charge is 0.222 e. The minimum atomic E-state index is -1.56. The van der Waals surface area contributed by atoms with E-state index in [0.29, 0.717) is 57.1 Å². The lowest BCUT2D eigenvalue weighted by molar-refractivity contribution is -0.132. The number of rotatable bonds is 22. The van der Waals surface area contributed by atoms with Gasteiger partial charge in [0.1, 0.15) is 0 Å². The second-order valence-electron chi connectivity index (χ2n) is 12.8. The van der Waals surface area contributed by atoms with Crippen molar-refractivity contribution in [2.75, 3.05) is 26.3 Å². The minimum absolute atomic E-state index is 0.248. The molecule has 2 fully saturated rings. The average molecular weight is 544 g/mol. The quantitative estimate of drug-likeness (QED) is 0.0858. The lowest BCUT2D eigenvalue weighted by atomic mass is 10.0. The minimum Gasteiger partial charge on any atom is -0.416 e. The molecule has 0 spiro atoms. The van der Waals surface area contributed by atoms with Crippen LogP contribution in [-0.2, 0) is 23.1 Å².